The molecule has 5 heteroatoms. The van der Waals surface area contributed by atoms with Crippen molar-refractivity contribution in [1.82, 2.24) is 0 Å². The summed E-state index contributed by atoms with van der Waals surface area (Å²) >= 11 is 0. The molecule has 2 aromatic carbocycles. The standard InChI is InChI=1S/C21H29NO4/c1-21(2,3)18-12-16(23-4)8-9-19(18)25-10-11-26-20-13-17(24-5)7-6-15(20)14-22/h6-9,12-13H,10-11,14,22H2,1-5H3. The molecular weight excluding hydrogens is 330 g/mol. The van der Waals surface area contributed by atoms with Crippen LogP contribution in [0.4, 0.5) is 0 Å². The zero-order chi connectivity index (χ0) is 19.2. The van der Waals surface area contributed by atoms with Crippen molar-refractivity contribution < 1.29 is 18.9 Å². The van der Waals surface area contributed by atoms with Gasteiger partial charge < -0.3 is 24.7 Å². The molecule has 0 saturated heterocycles. The fraction of sp³-hybridized carbons (Fsp3) is 0.429. The Balaban J connectivity index is 2.02. The second kappa shape index (κ2) is 8.81. The molecule has 0 spiro atoms. The first-order chi connectivity index (χ1) is 12.4. The summed E-state index contributed by atoms with van der Waals surface area (Å²) in [7, 11) is 3.29. The summed E-state index contributed by atoms with van der Waals surface area (Å²) in [5.41, 5.74) is 7.75. The lowest BCUT2D eigenvalue weighted by Gasteiger charge is -2.23. The Morgan fingerprint density at radius 1 is 0.808 bits per heavy atom. The normalized spacial score (nSPS) is 11.2. The van der Waals surface area contributed by atoms with E-state index in [4.69, 9.17) is 24.7 Å². The average Bonchev–Trinajstić information content (AvgIpc) is 2.64. The molecule has 2 N–H and O–H groups in total. The van der Waals surface area contributed by atoms with E-state index in [1.165, 1.54) is 0 Å². The fourth-order valence-electron chi connectivity index (χ4n) is 2.62. The third kappa shape index (κ3) is 5.05. The van der Waals surface area contributed by atoms with Crippen LogP contribution in [-0.2, 0) is 12.0 Å². The average molecular weight is 359 g/mol. The molecule has 0 saturated carbocycles. The zero-order valence-electron chi connectivity index (χ0n) is 16.3. The van der Waals surface area contributed by atoms with Crippen LogP contribution in [-0.4, -0.2) is 27.4 Å². The molecule has 0 heterocycles. The lowest BCUT2D eigenvalue weighted by Crippen LogP contribution is -2.16. The van der Waals surface area contributed by atoms with Crippen LogP contribution in [0.2, 0.25) is 0 Å². The first kappa shape index (κ1) is 19.9. The van der Waals surface area contributed by atoms with E-state index in [1.54, 1.807) is 14.2 Å². The van der Waals surface area contributed by atoms with Gasteiger partial charge in [-0.25, -0.2) is 0 Å². The Hall–Kier alpha value is -2.40. The maximum Gasteiger partial charge on any atom is 0.127 e. The van der Waals surface area contributed by atoms with Gasteiger partial charge >= 0.3 is 0 Å². The van der Waals surface area contributed by atoms with Gasteiger partial charge in [0, 0.05) is 23.7 Å². The monoisotopic (exact) mass is 359 g/mol. The number of ether oxygens (including phenoxy) is 4. The van der Waals surface area contributed by atoms with Crippen LogP contribution in [0.15, 0.2) is 36.4 Å². The maximum atomic E-state index is 5.97. The van der Waals surface area contributed by atoms with E-state index in [0.717, 1.165) is 34.1 Å². The lowest BCUT2D eigenvalue weighted by atomic mass is 9.86. The Labute approximate surface area is 156 Å². The summed E-state index contributed by atoms with van der Waals surface area (Å²) in [4.78, 5) is 0. The van der Waals surface area contributed by atoms with Crippen LogP contribution in [0, 0.1) is 0 Å². The van der Waals surface area contributed by atoms with Crippen LogP contribution in [0.25, 0.3) is 0 Å². The quantitative estimate of drug-likeness (QED) is 0.724. The van der Waals surface area contributed by atoms with Crippen LogP contribution in [0.1, 0.15) is 31.9 Å². The van der Waals surface area contributed by atoms with Gasteiger partial charge in [-0.2, -0.15) is 0 Å². The minimum atomic E-state index is -0.0513. The fourth-order valence-corrected chi connectivity index (χ4v) is 2.62. The van der Waals surface area contributed by atoms with Crippen LogP contribution >= 0.6 is 0 Å². The van der Waals surface area contributed by atoms with E-state index in [-0.39, 0.29) is 5.41 Å². The van der Waals surface area contributed by atoms with Crippen molar-refractivity contribution in [2.45, 2.75) is 32.7 Å². The van der Waals surface area contributed by atoms with E-state index in [1.807, 2.05) is 36.4 Å². The van der Waals surface area contributed by atoms with Crippen molar-refractivity contribution in [3.8, 4) is 23.0 Å². The molecule has 0 unspecified atom stereocenters. The van der Waals surface area contributed by atoms with Gasteiger partial charge in [0.15, 0.2) is 0 Å². The minimum Gasteiger partial charge on any atom is -0.497 e. The van der Waals surface area contributed by atoms with Crippen molar-refractivity contribution in [3.63, 3.8) is 0 Å². The van der Waals surface area contributed by atoms with E-state index < -0.39 is 0 Å². The number of nitrogens with two attached hydrogens (primary N) is 1. The molecular formula is C21H29NO4. The number of hydrogen-bond donors (Lipinski definition) is 1. The molecule has 26 heavy (non-hydrogen) atoms. The van der Waals surface area contributed by atoms with Gasteiger partial charge in [0.1, 0.15) is 36.2 Å². The predicted octanol–water partition coefficient (Wildman–Crippen LogP) is 3.92. The highest BCUT2D eigenvalue weighted by Crippen LogP contribution is 2.34. The molecule has 2 aromatic rings. The number of hydrogen-bond acceptors (Lipinski definition) is 5. The van der Waals surface area contributed by atoms with Crippen LogP contribution < -0.4 is 24.7 Å². The molecule has 0 aliphatic heterocycles. The van der Waals surface area contributed by atoms with E-state index in [0.29, 0.717) is 19.8 Å². The van der Waals surface area contributed by atoms with Crippen LogP contribution in [0.5, 0.6) is 23.0 Å². The summed E-state index contributed by atoms with van der Waals surface area (Å²) < 4.78 is 22.4. The molecule has 0 amide bonds. The molecule has 0 bridgehead atoms. The summed E-state index contributed by atoms with van der Waals surface area (Å²) in [5.74, 6) is 3.12. The van der Waals surface area contributed by atoms with Gasteiger partial charge in [0.05, 0.1) is 14.2 Å². The van der Waals surface area contributed by atoms with E-state index in [9.17, 15) is 0 Å². The van der Waals surface area contributed by atoms with E-state index in [2.05, 4.69) is 20.8 Å². The summed E-state index contributed by atoms with van der Waals surface area (Å²) in [6.45, 7) is 7.69. The maximum absolute atomic E-state index is 5.97. The Kier molecular flexibility index (Phi) is 6.75. The summed E-state index contributed by atoms with van der Waals surface area (Å²) in [6.07, 6.45) is 0. The SMILES string of the molecule is COc1ccc(CN)c(OCCOc2ccc(OC)cc2C(C)(C)C)c1. The topological polar surface area (TPSA) is 62.9 Å². The molecule has 0 aliphatic carbocycles. The van der Waals surface area contributed by atoms with E-state index >= 15 is 0 Å². The molecule has 142 valence electrons. The molecule has 0 aromatic heterocycles. The third-order valence-corrected chi connectivity index (χ3v) is 4.09. The van der Waals surface area contributed by atoms with Crippen molar-refractivity contribution in [3.05, 3.63) is 47.5 Å². The highest BCUT2D eigenvalue weighted by molar-refractivity contribution is 5.44. The summed E-state index contributed by atoms with van der Waals surface area (Å²) in [5, 5.41) is 0. The zero-order valence-corrected chi connectivity index (χ0v) is 16.3. The van der Waals surface area contributed by atoms with Gasteiger partial charge in [-0.05, 0) is 29.7 Å². The minimum absolute atomic E-state index is 0.0513. The smallest absolute Gasteiger partial charge is 0.127 e. The van der Waals surface area contributed by atoms with Gasteiger partial charge in [-0.3, -0.25) is 0 Å². The van der Waals surface area contributed by atoms with Gasteiger partial charge in [-0.15, -0.1) is 0 Å². The first-order valence-corrected chi connectivity index (χ1v) is 8.70. The molecule has 2 rings (SSSR count). The Bertz CT molecular complexity index is 722. The third-order valence-electron chi connectivity index (χ3n) is 4.09. The first-order valence-electron chi connectivity index (χ1n) is 8.70. The van der Waals surface area contributed by atoms with Crippen molar-refractivity contribution >= 4 is 0 Å². The largest absolute Gasteiger partial charge is 0.497 e. The molecule has 0 aliphatic rings. The molecule has 0 radical (unpaired) electrons. The van der Waals surface area contributed by atoms with Crippen molar-refractivity contribution in [1.29, 1.82) is 0 Å². The highest BCUT2D eigenvalue weighted by atomic mass is 16.5. The van der Waals surface area contributed by atoms with Crippen molar-refractivity contribution in [2.75, 3.05) is 27.4 Å². The number of methoxy groups -OCH3 is 2. The summed E-state index contributed by atoms with van der Waals surface area (Å²) in [6, 6.07) is 11.5. The van der Waals surface area contributed by atoms with Gasteiger partial charge in [0.2, 0.25) is 0 Å². The second-order valence-electron chi connectivity index (χ2n) is 6.99. The molecule has 5 nitrogen and oxygen atoms in total. The van der Waals surface area contributed by atoms with Gasteiger partial charge in [0.25, 0.3) is 0 Å². The van der Waals surface area contributed by atoms with Crippen LogP contribution in [0.3, 0.4) is 0 Å². The Morgan fingerprint density at radius 2 is 1.38 bits per heavy atom. The lowest BCUT2D eigenvalue weighted by molar-refractivity contribution is 0.212. The highest BCUT2D eigenvalue weighted by Gasteiger charge is 2.20. The molecule has 0 fully saturated rings. The predicted molar refractivity (Wildman–Crippen MR) is 104 cm³/mol. The number of rotatable bonds is 8. The molecule has 0 atom stereocenters. The van der Waals surface area contributed by atoms with Gasteiger partial charge in [-0.1, -0.05) is 26.8 Å². The Morgan fingerprint density at radius 3 is 1.96 bits per heavy atom. The number of benzene rings is 2. The second-order valence-corrected chi connectivity index (χ2v) is 6.99. The van der Waals surface area contributed by atoms with Crippen molar-refractivity contribution in [2.24, 2.45) is 5.73 Å².